The van der Waals surface area contributed by atoms with Gasteiger partial charge in [0.05, 0.1) is 14.2 Å². The maximum atomic E-state index is 13.1. The van der Waals surface area contributed by atoms with Gasteiger partial charge in [-0.2, -0.15) is 0 Å². The van der Waals surface area contributed by atoms with Gasteiger partial charge < -0.3 is 25.0 Å². The molecule has 0 aliphatic carbocycles. The van der Waals surface area contributed by atoms with Crippen LogP contribution in [0, 0.1) is 0 Å². The molecule has 0 atom stereocenters. The fourth-order valence-electron chi connectivity index (χ4n) is 3.66. The van der Waals surface area contributed by atoms with E-state index in [-0.39, 0.29) is 23.8 Å². The van der Waals surface area contributed by atoms with E-state index in [4.69, 9.17) is 9.47 Å². The van der Waals surface area contributed by atoms with Gasteiger partial charge in [0.2, 0.25) is 5.91 Å². The van der Waals surface area contributed by atoms with Crippen molar-refractivity contribution in [3.05, 3.63) is 53.6 Å². The highest BCUT2D eigenvalue weighted by atomic mass is 16.5. The number of likely N-dealkylation sites (tertiary alicyclic amines) is 1. The lowest BCUT2D eigenvalue weighted by Gasteiger charge is -2.33. The SMILES string of the molecule is COc1cccc(OC)c1C(=O)N1CCC(NC(=O)c2cccc(NC(C)=O)c2)CC1. The van der Waals surface area contributed by atoms with E-state index in [2.05, 4.69) is 10.6 Å². The Morgan fingerprint density at radius 1 is 0.968 bits per heavy atom. The topological polar surface area (TPSA) is 97.0 Å². The third-order valence-corrected chi connectivity index (χ3v) is 5.20. The maximum absolute atomic E-state index is 13.1. The second-order valence-electron chi connectivity index (χ2n) is 7.34. The molecule has 8 heteroatoms. The van der Waals surface area contributed by atoms with Crippen LogP contribution in [0.25, 0.3) is 0 Å². The number of piperidine rings is 1. The Hall–Kier alpha value is -3.55. The summed E-state index contributed by atoms with van der Waals surface area (Å²) in [5, 5.41) is 5.69. The van der Waals surface area contributed by atoms with Crippen molar-refractivity contribution in [1.29, 1.82) is 0 Å². The van der Waals surface area contributed by atoms with Gasteiger partial charge in [-0.15, -0.1) is 0 Å². The Morgan fingerprint density at radius 3 is 2.16 bits per heavy atom. The molecule has 8 nitrogen and oxygen atoms in total. The number of rotatable bonds is 6. The van der Waals surface area contributed by atoms with Crippen molar-refractivity contribution in [3.63, 3.8) is 0 Å². The molecule has 0 radical (unpaired) electrons. The molecular formula is C23H27N3O5. The summed E-state index contributed by atoms with van der Waals surface area (Å²) in [5.74, 6) is 0.393. The lowest BCUT2D eigenvalue weighted by molar-refractivity contribution is -0.114. The zero-order valence-electron chi connectivity index (χ0n) is 17.9. The second-order valence-corrected chi connectivity index (χ2v) is 7.34. The summed E-state index contributed by atoms with van der Waals surface area (Å²) in [6.07, 6.45) is 1.28. The Labute approximate surface area is 181 Å². The van der Waals surface area contributed by atoms with Gasteiger partial charge in [0, 0.05) is 37.3 Å². The summed E-state index contributed by atoms with van der Waals surface area (Å²) in [7, 11) is 3.04. The Bertz CT molecular complexity index is 945. The number of hydrogen-bond donors (Lipinski definition) is 2. The number of nitrogens with one attached hydrogen (secondary N) is 2. The molecule has 0 saturated carbocycles. The number of benzene rings is 2. The minimum atomic E-state index is -0.205. The van der Waals surface area contributed by atoms with Crippen molar-refractivity contribution in [3.8, 4) is 11.5 Å². The van der Waals surface area contributed by atoms with Gasteiger partial charge in [-0.1, -0.05) is 12.1 Å². The molecule has 2 N–H and O–H groups in total. The van der Waals surface area contributed by atoms with Crippen LogP contribution in [-0.4, -0.2) is 56.0 Å². The second kappa shape index (κ2) is 9.97. The van der Waals surface area contributed by atoms with Gasteiger partial charge in [-0.25, -0.2) is 0 Å². The van der Waals surface area contributed by atoms with Crippen LogP contribution in [0.4, 0.5) is 5.69 Å². The highest BCUT2D eigenvalue weighted by molar-refractivity contribution is 6.00. The van der Waals surface area contributed by atoms with Crippen molar-refractivity contribution in [2.75, 3.05) is 32.6 Å². The summed E-state index contributed by atoms with van der Waals surface area (Å²) in [6.45, 7) is 2.44. The van der Waals surface area contributed by atoms with Gasteiger partial charge in [-0.05, 0) is 43.2 Å². The van der Waals surface area contributed by atoms with Gasteiger partial charge in [-0.3, -0.25) is 14.4 Å². The fraction of sp³-hybridized carbons (Fsp3) is 0.348. The maximum Gasteiger partial charge on any atom is 0.261 e. The van der Waals surface area contributed by atoms with Crippen molar-refractivity contribution in [1.82, 2.24) is 10.2 Å². The minimum Gasteiger partial charge on any atom is -0.496 e. The number of ether oxygens (including phenoxy) is 2. The van der Waals surface area contributed by atoms with E-state index < -0.39 is 0 Å². The molecule has 3 rings (SSSR count). The zero-order chi connectivity index (χ0) is 22.4. The number of carbonyl (C=O) groups is 3. The van der Waals surface area contributed by atoms with Crippen LogP contribution in [0.15, 0.2) is 42.5 Å². The van der Waals surface area contributed by atoms with Crippen molar-refractivity contribution in [2.24, 2.45) is 0 Å². The number of anilines is 1. The Morgan fingerprint density at radius 2 is 1.58 bits per heavy atom. The number of carbonyl (C=O) groups excluding carboxylic acids is 3. The van der Waals surface area contributed by atoms with Crippen LogP contribution in [0.1, 0.15) is 40.5 Å². The number of methoxy groups -OCH3 is 2. The largest absolute Gasteiger partial charge is 0.496 e. The van der Waals surface area contributed by atoms with Crippen LogP contribution >= 0.6 is 0 Å². The van der Waals surface area contributed by atoms with Crippen LogP contribution < -0.4 is 20.1 Å². The molecule has 0 aromatic heterocycles. The molecule has 0 unspecified atom stereocenters. The average molecular weight is 425 g/mol. The molecule has 2 aromatic rings. The molecule has 0 bridgehead atoms. The summed E-state index contributed by atoms with van der Waals surface area (Å²) in [5.41, 5.74) is 1.46. The highest BCUT2D eigenvalue weighted by Crippen LogP contribution is 2.30. The zero-order valence-corrected chi connectivity index (χ0v) is 17.9. The quantitative estimate of drug-likeness (QED) is 0.742. The van der Waals surface area contributed by atoms with E-state index in [1.807, 2.05) is 0 Å². The van der Waals surface area contributed by atoms with Gasteiger partial charge in [0.1, 0.15) is 17.1 Å². The van der Waals surface area contributed by atoms with E-state index in [0.29, 0.717) is 54.2 Å². The van der Waals surface area contributed by atoms with Crippen LogP contribution in [-0.2, 0) is 4.79 Å². The van der Waals surface area contributed by atoms with Crippen molar-refractivity contribution >= 4 is 23.4 Å². The molecular weight excluding hydrogens is 398 g/mol. The molecule has 3 amide bonds. The predicted molar refractivity (Wildman–Crippen MR) is 117 cm³/mol. The summed E-state index contributed by atoms with van der Waals surface area (Å²) in [6, 6.07) is 12.0. The van der Waals surface area contributed by atoms with Crippen molar-refractivity contribution in [2.45, 2.75) is 25.8 Å². The Balaban J connectivity index is 1.61. The molecule has 164 valence electrons. The van der Waals surface area contributed by atoms with Crippen LogP contribution in [0.3, 0.4) is 0 Å². The molecule has 1 fully saturated rings. The van der Waals surface area contributed by atoms with E-state index in [1.165, 1.54) is 21.1 Å². The van der Waals surface area contributed by atoms with Gasteiger partial charge in [0.25, 0.3) is 11.8 Å². The van der Waals surface area contributed by atoms with E-state index in [0.717, 1.165) is 0 Å². The molecule has 1 heterocycles. The highest BCUT2D eigenvalue weighted by Gasteiger charge is 2.28. The predicted octanol–water partition coefficient (Wildman–Crippen LogP) is 2.70. The third-order valence-electron chi connectivity index (χ3n) is 5.20. The van der Waals surface area contributed by atoms with Crippen LogP contribution in [0.2, 0.25) is 0 Å². The normalized spacial score (nSPS) is 14.0. The van der Waals surface area contributed by atoms with E-state index >= 15 is 0 Å². The van der Waals surface area contributed by atoms with Gasteiger partial charge >= 0.3 is 0 Å². The fourth-order valence-corrected chi connectivity index (χ4v) is 3.66. The van der Waals surface area contributed by atoms with Gasteiger partial charge in [0.15, 0.2) is 0 Å². The first-order valence-corrected chi connectivity index (χ1v) is 10.1. The standard InChI is InChI=1S/C23H27N3O5/c1-15(27)24-18-7-4-6-16(14-18)22(28)25-17-10-12-26(13-11-17)23(29)21-19(30-2)8-5-9-20(21)31-3/h4-9,14,17H,10-13H2,1-3H3,(H,24,27)(H,25,28). The van der Waals surface area contributed by atoms with E-state index in [1.54, 1.807) is 47.4 Å². The first kappa shape index (κ1) is 22.1. The summed E-state index contributed by atoms with van der Waals surface area (Å²) in [4.78, 5) is 38.7. The molecule has 0 spiro atoms. The molecule has 31 heavy (non-hydrogen) atoms. The number of nitrogens with zero attached hydrogens (tertiary/aromatic N) is 1. The third kappa shape index (κ3) is 5.33. The van der Waals surface area contributed by atoms with Crippen LogP contribution in [0.5, 0.6) is 11.5 Å². The summed E-state index contributed by atoms with van der Waals surface area (Å²) < 4.78 is 10.7. The smallest absolute Gasteiger partial charge is 0.261 e. The number of hydrogen-bond acceptors (Lipinski definition) is 5. The molecule has 1 saturated heterocycles. The molecule has 1 aliphatic heterocycles. The lowest BCUT2D eigenvalue weighted by Crippen LogP contribution is -2.46. The molecule has 1 aliphatic rings. The molecule has 2 aromatic carbocycles. The van der Waals surface area contributed by atoms with Crippen molar-refractivity contribution < 1.29 is 23.9 Å². The minimum absolute atomic E-state index is 0.0412. The summed E-state index contributed by atoms with van der Waals surface area (Å²) >= 11 is 0. The average Bonchev–Trinajstić information content (AvgIpc) is 2.78. The Kier molecular flexibility index (Phi) is 7.12. The monoisotopic (exact) mass is 425 g/mol. The first-order chi connectivity index (χ1) is 14.9. The first-order valence-electron chi connectivity index (χ1n) is 10.1. The number of amides is 3. The lowest BCUT2D eigenvalue weighted by atomic mass is 10.0. The van der Waals surface area contributed by atoms with E-state index in [9.17, 15) is 14.4 Å².